The average molecular weight is 369 g/mol. The number of benzene rings is 1. The topological polar surface area (TPSA) is 73.8 Å². The monoisotopic (exact) mass is 369 g/mol. The summed E-state index contributed by atoms with van der Waals surface area (Å²) < 4.78 is 17.5. The van der Waals surface area contributed by atoms with Gasteiger partial charge in [0.25, 0.3) is 5.91 Å². The van der Waals surface area contributed by atoms with Crippen molar-refractivity contribution in [3.05, 3.63) is 41.7 Å². The molecule has 2 aliphatic heterocycles. The zero-order valence-electron chi connectivity index (χ0n) is 15.6. The molecule has 0 N–H and O–H groups in total. The van der Waals surface area contributed by atoms with Crippen molar-refractivity contribution < 1.29 is 19.0 Å². The molecular formula is C20H23N3O4. The summed E-state index contributed by atoms with van der Waals surface area (Å²) in [5.74, 6) is 1.21. The van der Waals surface area contributed by atoms with Crippen molar-refractivity contribution in [2.75, 3.05) is 19.7 Å². The number of aryl methyl sites for hydroxylation is 2. The number of para-hydroxylation sites is 2. The first-order valence-corrected chi connectivity index (χ1v) is 9.25. The molecular weight excluding hydrogens is 346 g/mol. The fraction of sp³-hybridized carbons (Fsp3) is 0.450. The first-order chi connectivity index (χ1) is 13.1. The third kappa shape index (κ3) is 3.97. The predicted molar refractivity (Wildman–Crippen MR) is 98.1 cm³/mol. The van der Waals surface area contributed by atoms with Crippen LogP contribution in [0.3, 0.4) is 0 Å². The summed E-state index contributed by atoms with van der Waals surface area (Å²) in [6, 6.07) is 9.68. The van der Waals surface area contributed by atoms with E-state index in [1.54, 1.807) is 4.90 Å². The van der Waals surface area contributed by atoms with Gasteiger partial charge in [0.15, 0.2) is 11.5 Å². The maximum absolute atomic E-state index is 12.9. The lowest BCUT2D eigenvalue weighted by Gasteiger charge is -2.35. The van der Waals surface area contributed by atoms with Gasteiger partial charge in [0, 0.05) is 17.9 Å². The number of fused-ring (bicyclic) bond motifs is 1. The lowest BCUT2D eigenvalue weighted by Crippen LogP contribution is -2.51. The summed E-state index contributed by atoms with van der Waals surface area (Å²) in [4.78, 5) is 23.4. The number of amides is 1. The van der Waals surface area contributed by atoms with E-state index >= 15 is 0 Å². The summed E-state index contributed by atoms with van der Waals surface area (Å²) in [6.45, 7) is 5.23. The van der Waals surface area contributed by atoms with Crippen LogP contribution in [0.15, 0.2) is 30.3 Å². The molecule has 1 aromatic carbocycles. The molecule has 1 aromatic heterocycles. The second-order valence-corrected chi connectivity index (χ2v) is 6.96. The molecule has 0 aliphatic carbocycles. The van der Waals surface area contributed by atoms with Gasteiger partial charge in [-0.25, -0.2) is 9.97 Å². The molecule has 2 aliphatic rings. The first-order valence-electron chi connectivity index (χ1n) is 9.25. The minimum atomic E-state index is -0.629. The van der Waals surface area contributed by atoms with Crippen LogP contribution in [0.25, 0.3) is 0 Å². The summed E-state index contributed by atoms with van der Waals surface area (Å²) in [5.41, 5.74) is 1.74. The van der Waals surface area contributed by atoms with Gasteiger partial charge in [-0.05, 0) is 44.9 Å². The fourth-order valence-electron chi connectivity index (χ4n) is 3.47. The highest BCUT2D eigenvalue weighted by atomic mass is 16.6. The number of rotatable bonds is 3. The molecule has 7 nitrogen and oxygen atoms in total. The van der Waals surface area contributed by atoms with Gasteiger partial charge < -0.3 is 19.1 Å². The van der Waals surface area contributed by atoms with E-state index < -0.39 is 6.10 Å². The Labute approximate surface area is 158 Å². The highest BCUT2D eigenvalue weighted by molar-refractivity contribution is 5.82. The third-order valence-electron chi connectivity index (χ3n) is 4.71. The number of nitrogens with zero attached hydrogens (tertiary/aromatic N) is 3. The molecule has 0 spiro atoms. The number of carbonyl (C=O) groups excluding carboxylic acids is 1. The van der Waals surface area contributed by atoms with E-state index in [9.17, 15) is 4.79 Å². The Morgan fingerprint density at radius 3 is 2.70 bits per heavy atom. The van der Waals surface area contributed by atoms with Gasteiger partial charge in [0.05, 0.1) is 6.54 Å². The standard InChI is InChI=1S/C20H23N3O4/c1-13-10-14(2)22-20(21-13)26-15-6-5-9-23(11-15)19(24)18-12-25-16-7-3-4-8-17(16)27-18/h3-4,7-8,10,15,18H,5-6,9,11-12H2,1-2H3. The molecule has 1 fully saturated rings. The second-order valence-electron chi connectivity index (χ2n) is 6.96. The molecule has 142 valence electrons. The average Bonchev–Trinajstić information content (AvgIpc) is 2.66. The van der Waals surface area contributed by atoms with E-state index in [1.807, 2.05) is 44.2 Å². The van der Waals surface area contributed by atoms with Crippen LogP contribution in [-0.4, -0.2) is 52.7 Å². The van der Waals surface area contributed by atoms with Crippen molar-refractivity contribution in [2.45, 2.75) is 38.9 Å². The van der Waals surface area contributed by atoms with E-state index in [0.29, 0.717) is 30.6 Å². The van der Waals surface area contributed by atoms with E-state index in [4.69, 9.17) is 14.2 Å². The number of aromatic nitrogens is 2. The molecule has 2 aromatic rings. The number of carbonyl (C=O) groups is 1. The SMILES string of the molecule is Cc1cc(C)nc(OC2CCCN(C(=O)C3COc4ccccc4O3)C2)n1. The first kappa shape index (κ1) is 17.6. The molecule has 0 bridgehead atoms. The fourth-order valence-corrected chi connectivity index (χ4v) is 3.47. The number of hydrogen-bond donors (Lipinski definition) is 0. The Morgan fingerprint density at radius 1 is 1.19 bits per heavy atom. The number of hydrogen-bond acceptors (Lipinski definition) is 6. The largest absolute Gasteiger partial charge is 0.485 e. The Balaban J connectivity index is 1.40. The summed E-state index contributed by atoms with van der Waals surface area (Å²) in [6.07, 6.45) is 0.980. The number of ether oxygens (including phenoxy) is 3. The van der Waals surface area contributed by atoms with Crippen LogP contribution < -0.4 is 14.2 Å². The highest BCUT2D eigenvalue weighted by Gasteiger charge is 2.34. The molecule has 1 amide bonds. The molecule has 0 radical (unpaired) electrons. The molecule has 2 atom stereocenters. The van der Waals surface area contributed by atoms with Crippen LogP contribution in [0.4, 0.5) is 0 Å². The molecule has 4 rings (SSSR count). The van der Waals surface area contributed by atoms with E-state index in [2.05, 4.69) is 9.97 Å². The molecule has 1 saturated heterocycles. The lowest BCUT2D eigenvalue weighted by atomic mass is 10.1. The summed E-state index contributed by atoms with van der Waals surface area (Å²) in [7, 11) is 0. The molecule has 3 heterocycles. The molecule has 0 saturated carbocycles. The Morgan fingerprint density at radius 2 is 1.93 bits per heavy atom. The number of likely N-dealkylation sites (tertiary alicyclic amines) is 1. The van der Waals surface area contributed by atoms with Crippen LogP contribution in [0.2, 0.25) is 0 Å². The Bertz CT molecular complexity index is 821. The van der Waals surface area contributed by atoms with Gasteiger partial charge in [0.2, 0.25) is 6.10 Å². The van der Waals surface area contributed by atoms with Gasteiger partial charge in [-0.3, -0.25) is 4.79 Å². The highest BCUT2D eigenvalue weighted by Crippen LogP contribution is 2.31. The normalized spacial score (nSPS) is 21.6. The zero-order valence-corrected chi connectivity index (χ0v) is 15.6. The smallest absolute Gasteiger partial charge is 0.317 e. The lowest BCUT2D eigenvalue weighted by molar-refractivity contribution is -0.143. The summed E-state index contributed by atoms with van der Waals surface area (Å²) in [5, 5.41) is 0. The van der Waals surface area contributed by atoms with Crippen molar-refractivity contribution in [3.8, 4) is 17.5 Å². The van der Waals surface area contributed by atoms with Crippen LogP contribution in [-0.2, 0) is 4.79 Å². The van der Waals surface area contributed by atoms with Crippen molar-refractivity contribution in [2.24, 2.45) is 0 Å². The Kier molecular flexibility index (Phi) is 4.83. The minimum absolute atomic E-state index is 0.0702. The third-order valence-corrected chi connectivity index (χ3v) is 4.71. The van der Waals surface area contributed by atoms with Gasteiger partial charge in [0.1, 0.15) is 12.7 Å². The van der Waals surface area contributed by atoms with Crippen LogP contribution in [0, 0.1) is 13.8 Å². The van der Waals surface area contributed by atoms with Crippen molar-refractivity contribution in [3.63, 3.8) is 0 Å². The van der Waals surface area contributed by atoms with E-state index in [0.717, 1.165) is 24.2 Å². The van der Waals surface area contributed by atoms with Gasteiger partial charge in [-0.15, -0.1) is 0 Å². The van der Waals surface area contributed by atoms with Gasteiger partial charge >= 0.3 is 6.01 Å². The van der Waals surface area contributed by atoms with Crippen molar-refractivity contribution >= 4 is 5.91 Å². The molecule has 27 heavy (non-hydrogen) atoms. The number of piperidine rings is 1. The molecule has 2 unspecified atom stereocenters. The van der Waals surface area contributed by atoms with Crippen LogP contribution in [0.5, 0.6) is 17.5 Å². The van der Waals surface area contributed by atoms with Crippen molar-refractivity contribution in [1.82, 2.24) is 14.9 Å². The van der Waals surface area contributed by atoms with E-state index in [1.165, 1.54) is 0 Å². The second kappa shape index (κ2) is 7.42. The van der Waals surface area contributed by atoms with Gasteiger partial charge in [-0.2, -0.15) is 0 Å². The Hall–Kier alpha value is -2.83. The quantitative estimate of drug-likeness (QED) is 0.827. The van der Waals surface area contributed by atoms with Crippen molar-refractivity contribution in [1.29, 1.82) is 0 Å². The minimum Gasteiger partial charge on any atom is -0.485 e. The van der Waals surface area contributed by atoms with E-state index in [-0.39, 0.29) is 18.6 Å². The summed E-state index contributed by atoms with van der Waals surface area (Å²) >= 11 is 0. The van der Waals surface area contributed by atoms with Crippen LogP contribution >= 0.6 is 0 Å². The molecule has 7 heteroatoms. The maximum atomic E-state index is 12.9. The van der Waals surface area contributed by atoms with Gasteiger partial charge in [-0.1, -0.05) is 12.1 Å². The zero-order chi connectivity index (χ0) is 18.8. The predicted octanol–water partition coefficient (Wildman–Crippen LogP) is 2.30. The maximum Gasteiger partial charge on any atom is 0.317 e. The van der Waals surface area contributed by atoms with Crippen LogP contribution in [0.1, 0.15) is 24.2 Å².